The zero-order chi connectivity index (χ0) is 17.8. The summed E-state index contributed by atoms with van der Waals surface area (Å²) in [6.07, 6.45) is 2.29. The van der Waals surface area contributed by atoms with Crippen molar-refractivity contribution in [1.82, 2.24) is 15.5 Å². The fourth-order valence-electron chi connectivity index (χ4n) is 2.34. The molecular weight excluding hydrogens is 427 g/mol. The van der Waals surface area contributed by atoms with Crippen LogP contribution in [0.15, 0.2) is 29.3 Å². The van der Waals surface area contributed by atoms with Crippen molar-refractivity contribution in [2.75, 3.05) is 26.2 Å². The fourth-order valence-corrected chi connectivity index (χ4v) is 2.34. The van der Waals surface area contributed by atoms with Gasteiger partial charge in [-0.2, -0.15) is 0 Å². The third kappa shape index (κ3) is 8.56. The lowest BCUT2D eigenvalue weighted by molar-refractivity contribution is 0.0773. The second kappa shape index (κ2) is 13.9. The van der Waals surface area contributed by atoms with Gasteiger partial charge in [0, 0.05) is 31.7 Å². The fraction of sp³-hybridized carbons (Fsp3) is 0.579. The Hall–Kier alpha value is -1.31. The molecule has 0 spiro atoms. The Morgan fingerprint density at radius 3 is 2.20 bits per heavy atom. The van der Waals surface area contributed by atoms with Gasteiger partial charge in [-0.05, 0) is 44.9 Å². The van der Waals surface area contributed by atoms with Gasteiger partial charge in [0.1, 0.15) is 0 Å². The number of nitrogens with one attached hydrogen (secondary N) is 2. The molecule has 0 fully saturated rings. The molecule has 0 saturated carbocycles. The molecule has 1 aromatic carbocycles. The van der Waals surface area contributed by atoms with Crippen LogP contribution in [0, 0.1) is 0 Å². The number of rotatable bonds is 9. The maximum atomic E-state index is 12.3. The summed E-state index contributed by atoms with van der Waals surface area (Å²) in [7, 11) is 0. The highest BCUT2D eigenvalue weighted by Crippen LogP contribution is 2.09. The van der Waals surface area contributed by atoms with Crippen molar-refractivity contribution in [2.45, 2.75) is 47.1 Å². The summed E-state index contributed by atoms with van der Waals surface area (Å²) in [5.41, 5.74) is 1.83. The first kappa shape index (κ1) is 23.7. The number of hydrogen-bond acceptors (Lipinski definition) is 2. The smallest absolute Gasteiger partial charge is 0.253 e. The van der Waals surface area contributed by atoms with Gasteiger partial charge in [0.25, 0.3) is 5.91 Å². The lowest BCUT2D eigenvalue weighted by atomic mass is 10.1. The van der Waals surface area contributed by atoms with Crippen molar-refractivity contribution in [3.05, 3.63) is 35.4 Å². The van der Waals surface area contributed by atoms with Gasteiger partial charge in [-0.1, -0.05) is 25.5 Å². The monoisotopic (exact) mass is 460 g/mol. The van der Waals surface area contributed by atoms with Crippen molar-refractivity contribution in [3.8, 4) is 0 Å². The molecule has 142 valence electrons. The van der Waals surface area contributed by atoms with Crippen molar-refractivity contribution < 1.29 is 4.79 Å². The molecule has 0 aromatic heterocycles. The molecule has 1 amide bonds. The molecule has 5 nitrogen and oxygen atoms in total. The van der Waals surface area contributed by atoms with Gasteiger partial charge in [-0.25, -0.2) is 4.99 Å². The number of aliphatic imine (C=N–C) groups is 1. The van der Waals surface area contributed by atoms with Crippen molar-refractivity contribution in [2.24, 2.45) is 4.99 Å². The molecule has 1 rings (SSSR count). The molecule has 0 aliphatic rings. The normalized spacial score (nSPS) is 10.8. The van der Waals surface area contributed by atoms with Crippen molar-refractivity contribution in [3.63, 3.8) is 0 Å². The first-order chi connectivity index (χ1) is 11.7. The van der Waals surface area contributed by atoms with Gasteiger partial charge >= 0.3 is 0 Å². The molecule has 25 heavy (non-hydrogen) atoms. The Morgan fingerprint density at radius 2 is 1.68 bits per heavy atom. The van der Waals surface area contributed by atoms with E-state index in [4.69, 9.17) is 0 Å². The Bertz CT molecular complexity index is 513. The molecule has 0 saturated heterocycles. The Balaban J connectivity index is 0.00000576. The lowest BCUT2D eigenvalue weighted by Gasteiger charge is -2.18. The van der Waals surface area contributed by atoms with E-state index in [9.17, 15) is 4.79 Å². The summed E-state index contributed by atoms with van der Waals surface area (Å²) in [6, 6.07) is 7.75. The van der Waals surface area contributed by atoms with Crippen molar-refractivity contribution in [1.29, 1.82) is 0 Å². The van der Waals surface area contributed by atoms with E-state index >= 15 is 0 Å². The number of hydrogen-bond donors (Lipinski definition) is 2. The largest absolute Gasteiger partial charge is 0.357 e. The van der Waals surface area contributed by atoms with Crippen LogP contribution in [0.1, 0.15) is 56.5 Å². The predicted molar refractivity (Wildman–Crippen MR) is 117 cm³/mol. The van der Waals surface area contributed by atoms with Crippen LogP contribution in [0.2, 0.25) is 0 Å². The van der Waals surface area contributed by atoms with E-state index < -0.39 is 0 Å². The first-order valence-electron chi connectivity index (χ1n) is 9.06. The van der Waals surface area contributed by atoms with Gasteiger partial charge in [-0.15, -0.1) is 24.0 Å². The van der Waals surface area contributed by atoms with E-state index in [0.29, 0.717) is 6.54 Å². The van der Waals surface area contributed by atoms with Crippen LogP contribution in [0.3, 0.4) is 0 Å². The maximum Gasteiger partial charge on any atom is 0.253 e. The summed E-state index contributed by atoms with van der Waals surface area (Å²) >= 11 is 0. The highest BCUT2D eigenvalue weighted by molar-refractivity contribution is 14.0. The van der Waals surface area contributed by atoms with Crippen LogP contribution >= 0.6 is 24.0 Å². The molecule has 6 heteroatoms. The Kier molecular flexibility index (Phi) is 13.2. The van der Waals surface area contributed by atoms with Gasteiger partial charge in [0.2, 0.25) is 0 Å². The molecule has 1 aromatic rings. The summed E-state index contributed by atoms with van der Waals surface area (Å²) in [5, 5.41) is 6.58. The van der Waals surface area contributed by atoms with Crippen LogP contribution in [0.4, 0.5) is 0 Å². The van der Waals surface area contributed by atoms with E-state index in [2.05, 4.69) is 29.5 Å². The Morgan fingerprint density at radius 1 is 1.04 bits per heavy atom. The highest BCUT2D eigenvalue weighted by atomic mass is 127. The predicted octanol–water partition coefficient (Wildman–Crippen LogP) is 3.64. The maximum absolute atomic E-state index is 12.3. The number of nitrogens with zero attached hydrogens (tertiary/aromatic N) is 2. The quantitative estimate of drug-likeness (QED) is 0.256. The second-order valence-corrected chi connectivity index (χ2v) is 5.65. The molecule has 0 unspecified atom stereocenters. The van der Waals surface area contributed by atoms with Gasteiger partial charge in [0.05, 0.1) is 6.54 Å². The molecule has 0 atom stereocenters. The summed E-state index contributed by atoms with van der Waals surface area (Å²) in [6.45, 7) is 12.1. The first-order valence-corrected chi connectivity index (χ1v) is 9.06. The average molecular weight is 460 g/mol. The number of carbonyl (C=O) groups excluding carboxylic acids is 1. The molecule has 0 aliphatic carbocycles. The number of amides is 1. The average Bonchev–Trinajstić information content (AvgIpc) is 2.61. The Labute approximate surface area is 169 Å². The minimum Gasteiger partial charge on any atom is -0.357 e. The number of unbranched alkanes of at least 4 members (excludes halogenated alkanes) is 1. The third-order valence-electron chi connectivity index (χ3n) is 3.84. The molecule has 0 aliphatic heterocycles. The number of carbonyl (C=O) groups is 1. The summed E-state index contributed by atoms with van der Waals surface area (Å²) in [5.74, 6) is 0.930. The molecule has 0 heterocycles. The van der Waals surface area contributed by atoms with Gasteiger partial charge in [0.15, 0.2) is 5.96 Å². The number of halogens is 1. The van der Waals surface area contributed by atoms with Crippen LogP contribution in [-0.2, 0) is 6.54 Å². The van der Waals surface area contributed by atoms with Crippen LogP contribution in [0.5, 0.6) is 0 Å². The van der Waals surface area contributed by atoms with Crippen molar-refractivity contribution >= 4 is 35.8 Å². The minimum atomic E-state index is 0. The lowest BCUT2D eigenvalue weighted by Crippen LogP contribution is -2.37. The van der Waals surface area contributed by atoms with Crippen LogP contribution in [-0.4, -0.2) is 42.9 Å². The van der Waals surface area contributed by atoms with E-state index in [1.807, 2.05) is 43.0 Å². The number of guanidine groups is 1. The summed E-state index contributed by atoms with van der Waals surface area (Å²) < 4.78 is 0. The SMILES string of the molecule is CCCCNC(=NCc1ccc(C(=O)N(CC)CC)cc1)NCC.I. The topological polar surface area (TPSA) is 56.7 Å². The van der Waals surface area contributed by atoms with Crippen LogP contribution < -0.4 is 10.6 Å². The minimum absolute atomic E-state index is 0. The molecule has 2 N–H and O–H groups in total. The van der Waals surface area contributed by atoms with E-state index in [0.717, 1.165) is 56.1 Å². The summed E-state index contributed by atoms with van der Waals surface area (Å²) in [4.78, 5) is 18.7. The van der Waals surface area contributed by atoms with E-state index in [1.165, 1.54) is 0 Å². The molecule has 0 bridgehead atoms. The van der Waals surface area contributed by atoms with Crippen LogP contribution in [0.25, 0.3) is 0 Å². The standard InChI is InChI=1S/C19H32N4O.HI/c1-5-9-14-21-19(20-6-2)22-15-16-10-12-17(13-11-16)18(24)23(7-3)8-4;/h10-13H,5-9,14-15H2,1-4H3,(H2,20,21,22);1H. The number of benzene rings is 1. The van der Waals surface area contributed by atoms with E-state index in [1.54, 1.807) is 0 Å². The van der Waals surface area contributed by atoms with Gasteiger partial charge < -0.3 is 15.5 Å². The third-order valence-corrected chi connectivity index (χ3v) is 3.84. The second-order valence-electron chi connectivity index (χ2n) is 5.65. The zero-order valence-electron chi connectivity index (χ0n) is 16.0. The zero-order valence-corrected chi connectivity index (χ0v) is 18.3. The molecule has 0 radical (unpaired) electrons. The van der Waals surface area contributed by atoms with Gasteiger partial charge in [-0.3, -0.25) is 4.79 Å². The molecular formula is C19H33IN4O. The highest BCUT2D eigenvalue weighted by Gasteiger charge is 2.11. The van der Waals surface area contributed by atoms with E-state index in [-0.39, 0.29) is 29.9 Å².